The van der Waals surface area contributed by atoms with Crippen LogP contribution in [0, 0.1) is 0 Å². The molecule has 5 nitrogen and oxygen atoms in total. The molecule has 1 N–H and O–H groups in total. The highest BCUT2D eigenvalue weighted by Crippen LogP contribution is 2.29. The molecule has 2 atom stereocenters. The van der Waals surface area contributed by atoms with Gasteiger partial charge in [0.05, 0.1) is 35.6 Å². The molecule has 0 amide bonds. The third kappa shape index (κ3) is 5.85. The van der Waals surface area contributed by atoms with Crippen molar-refractivity contribution >= 4 is 45.7 Å². The van der Waals surface area contributed by atoms with Gasteiger partial charge in [-0.1, -0.05) is 29.3 Å². The Bertz CT molecular complexity index is 597. The molecule has 9 heteroatoms. The van der Waals surface area contributed by atoms with Gasteiger partial charge in [0, 0.05) is 19.0 Å². The van der Waals surface area contributed by atoms with Crippen molar-refractivity contribution in [3.05, 3.63) is 33.8 Å². The third-order valence-corrected chi connectivity index (χ3v) is 4.55. The molecular formula is C13H18Cl3NO4S. The second-order valence-electron chi connectivity index (χ2n) is 4.88. The summed E-state index contributed by atoms with van der Waals surface area (Å²) in [5.74, 6) is -0.0657. The molecule has 126 valence electrons. The van der Waals surface area contributed by atoms with Crippen molar-refractivity contribution in [2.75, 3.05) is 32.6 Å². The van der Waals surface area contributed by atoms with E-state index in [1.165, 1.54) is 0 Å². The lowest BCUT2D eigenvalue weighted by Crippen LogP contribution is -2.31. The van der Waals surface area contributed by atoms with E-state index < -0.39 is 10.1 Å². The lowest BCUT2D eigenvalue weighted by molar-refractivity contribution is 0.0200. The van der Waals surface area contributed by atoms with Gasteiger partial charge in [-0.2, -0.15) is 8.42 Å². The lowest BCUT2D eigenvalue weighted by atomic mass is 9.93. The quantitative estimate of drug-likeness (QED) is 0.800. The number of hydrogen-bond acceptors (Lipinski definition) is 5. The van der Waals surface area contributed by atoms with E-state index in [1.54, 1.807) is 12.1 Å². The van der Waals surface area contributed by atoms with Gasteiger partial charge in [0.25, 0.3) is 10.1 Å². The summed E-state index contributed by atoms with van der Waals surface area (Å²) in [6.07, 6.45) is 0.655. The molecule has 0 aliphatic carbocycles. The molecular weight excluding hydrogens is 373 g/mol. The molecule has 1 heterocycles. The summed E-state index contributed by atoms with van der Waals surface area (Å²) in [5, 5.41) is 4.19. The van der Waals surface area contributed by atoms with Gasteiger partial charge in [0.1, 0.15) is 0 Å². The van der Waals surface area contributed by atoms with Crippen molar-refractivity contribution < 1.29 is 17.3 Å². The molecule has 1 aromatic carbocycles. The minimum Gasteiger partial charge on any atom is -0.374 e. The highest BCUT2D eigenvalue weighted by Gasteiger charge is 2.28. The fourth-order valence-electron chi connectivity index (χ4n) is 2.22. The van der Waals surface area contributed by atoms with Crippen molar-refractivity contribution in [3.63, 3.8) is 0 Å². The van der Waals surface area contributed by atoms with E-state index in [2.05, 4.69) is 5.32 Å². The Kier molecular flexibility index (Phi) is 7.88. The minimum atomic E-state index is -3.50. The summed E-state index contributed by atoms with van der Waals surface area (Å²) >= 11 is 12.0. The summed E-state index contributed by atoms with van der Waals surface area (Å²) in [5.41, 5.74) is 0.931. The second kappa shape index (κ2) is 8.68. The predicted octanol–water partition coefficient (Wildman–Crippen LogP) is 2.46. The average molecular weight is 391 g/mol. The van der Waals surface area contributed by atoms with Gasteiger partial charge >= 0.3 is 0 Å². The Morgan fingerprint density at radius 1 is 1.36 bits per heavy atom. The molecule has 0 bridgehead atoms. The van der Waals surface area contributed by atoms with E-state index >= 15 is 0 Å². The van der Waals surface area contributed by atoms with Gasteiger partial charge in [-0.15, -0.1) is 12.4 Å². The number of nitrogens with one attached hydrogen (secondary N) is 1. The number of ether oxygens (including phenoxy) is 1. The number of rotatable bonds is 4. The summed E-state index contributed by atoms with van der Waals surface area (Å²) < 4.78 is 32.9. The first-order chi connectivity index (χ1) is 9.87. The lowest BCUT2D eigenvalue weighted by Gasteiger charge is -2.24. The van der Waals surface area contributed by atoms with Gasteiger partial charge in [-0.25, -0.2) is 0 Å². The maximum absolute atomic E-state index is 11.2. The van der Waals surface area contributed by atoms with Crippen molar-refractivity contribution in [2.45, 2.75) is 12.0 Å². The van der Waals surface area contributed by atoms with E-state index in [-0.39, 0.29) is 31.0 Å². The third-order valence-electron chi connectivity index (χ3n) is 3.24. The number of benzene rings is 1. The highest BCUT2D eigenvalue weighted by atomic mass is 35.5. The van der Waals surface area contributed by atoms with Crippen LogP contribution in [0.2, 0.25) is 10.0 Å². The van der Waals surface area contributed by atoms with E-state index in [0.717, 1.165) is 11.8 Å². The van der Waals surface area contributed by atoms with Crippen LogP contribution < -0.4 is 5.32 Å². The van der Waals surface area contributed by atoms with Crippen LogP contribution in [0.15, 0.2) is 18.2 Å². The topological polar surface area (TPSA) is 64.6 Å². The Morgan fingerprint density at radius 3 is 2.73 bits per heavy atom. The van der Waals surface area contributed by atoms with Crippen LogP contribution in [0.4, 0.5) is 0 Å². The molecule has 1 aliphatic rings. The molecule has 0 spiro atoms. The van der Waals surface area contributed by atoms with Gasteiger partial charge in [0.2, 0.25) is 0 Å². The van der Waals surface area contributed by atoms with E-state index in [0.29, 0.717) is 29.7 Å². The fraction of sp³-hybridized carbons (Fsp3) is 0.538. The zero-order valence-corrected chi connectivity index (χ0v) is 15.1. The summed E-state index contributed by atoms with van der Waals surface area (Å²) in [4.78, 5) is 0. The SMILES string of the molecule is CS(=O)(=O)OC[C@@H]1OCCNC[C@H]1c1ccc(Cl)c(Cl)c1.Cl. The Labute approximate surface area is 146 Å². The van der Waals surface area contributed by atoms with Crippen molar-refractivity contribution in [1.82, 2.24) is 5.32 Å². The summed E-state index contributed by atoms with van der Waals surface area (Å²) in [6, 6.07) is 5.36. The van der Waals surface area contributed by atoms with Gasteiger partial charge in [-0.3, -0.25) is 4.18 Å². The van der Waals surface area contributed by atoms with Crippen molar-refractivity contribution in [3.8, 4) is 0 Å². The zero-order chi connectivity index (χ0) is 15.5. The smallest absolute Gasteiger partial charge is 0.264 e. The first-order valence-electron chi connectivity index (χ1n) is 6.48. The molecule has 0 aromatic heterocycles. The van der Waals surface area contributed by atoms with Gasteiger partial charge < -0.3 is 10.1 Å². The molecule has 0 radical (unpaired) electrons. The molecule has 0 unspecified atom stereocenters. The molecule has 1 aromatic rings. The van der Waals surface area contributed by atoms with Gasteiger partial charge in [-0.05, 0) is 17.7 Å². The number of hydrogen-bond donors (Lipinski definition) is 1. The van der Waals surface area contributed by atoms with Crippen LogP contribution in [0.3, 0.4) is 0 Å². The van der Waals surface area contributed by atoms with Crippen LogP contribution in [0.1, 0.15) is 11.5 Å². The van der Waals surface area contributed by atoms with E-state index in [1.807, 2.05) is 6.07 Å². The van der Waals surface area contributed by atoms with Crippen molar-refractivity contribution in [1.29, 1.82) is 0 Å². The van der Waals surface area contributed by atoms with Crippen LogP contribution in [0.25, 0.3) is 0 Å². The first-order valence-corrected chi connectivity index (χ1v) is 9.06. The van der Waals surface area contributed by atoms with Crippen LogP contribution in [0.5, 0.6) is 0 Å². The molecule has 1 fully saturated rings. The standard InChI is InChI=1S/C13H17Cl2NO4S.ClH/c1-21(17,18)20-8-13-10(7-16-4-5-19-13)9-2-3-11(14)12(15)6-9;/h2-3,6,10,13,16H,4-5,7-8H2,1H3;1H/t10-,13-;/m0./s1. The van der Waals surface area contributed by atoms with E-state index in [4.69, 9.17) is 32.1 Å². The highest BCUT2D eigenvalue weighted by molar-refractivity contribution is 7.85. The molecule has 2 rings (SSSR count). The Balaban J connectivity index is 0.00000242. The second-order valence-corrected chi connectivity index (χ2v) is 7.34. The van der Waals surface area contributed by atoms with Gasteiger partial charge in [0.15, 0.2) is 0 Å². The van der Waals surface area contributed by atoms with E-state index in [9.17, 15) is 8.42 Å². The minimum absolute atomic E-state index is 0. The predicted molar refractivity (Wildman–Crippen MR) is 89.9 cm³/mol. The largest absolute Gasteiger partial charge is 0.374 e. The molecule has 22 heavy (non-hydrogen) atoms. The average Bonchev–Trinajstić information content (AvgIpc) is 2.64. The summed E-state index contributed by atoms with van der Waals surface area (Å²) in [7, 11) is -3.50. The fourth-order valence-corrected chi connectivity index (χ4v) is 2.91. The number of halogens is 3. The zero-order valence-electron chi connectivity index (χ0n) is 11.9. The molecule has 0 saturated carbocycles. The molecule has 1 aliphatic heterocycles. The normalized spacial score (nSPS) is 22.7. The summed E-state index contributed by atoms with van der Waals surface area (Å²) in [6.45, 7) is 1.82. The van der Waals surface area contributed by atoms with Crippen molar-refractivity contribution in [2.24, 2.45) is 0 Å². The van der Waals surface area contributed by atoms with Crippen LogP contribution >= 0.6 is 35.6 Å². The Hall–Kier alpha value is -0.0800. The maximum Gasteiger partial charge on any atom is 0.264 e. The van der Waals surface area contributed by atoms with Crippen LogP contribution in [-0.2, 0) is 19.0 Å². The molecule has 1 saturated heterocycles. The monoisotopic (exact) mass is 389 g/mol. The Morgan fingerprint density at radius 2 is 2.09 bits per heavy atom. The maximum atomic E-state index is 11.2. The van der Waals surface area contributed by atoms with Crippen LogP contribution in [-0.4, -0.2) is 47.1 Å². The first kappa shape index (κ1) is 20.0.